The molecular weight excluding hydrogens is 380 g/mol. The van der Waals surface area contributed by atoms with Crippen LogP contribution in [0.25, 0.3) is 0 Å². The van der Waals surface area contributed by atoms with Crippen molar-refractivity contribution in [1.29, 1.82) is 0 Å². The van der Waals surface area contributed by atoms with Crippen molar-refractivity contribution in [2.24, 2.45) is 0 Å². The number of hydrogen-bond acceptors (Lipinski definition) is 6. The van der Waals surface area contributed by atoms with E-state index in [0.717, 1.165) is 38.3 Å². The average molecular weight is 415 g/mol. The summed E-state index contributed by atoms with van der Waals surface area (Å²) in [5.41, 5.74) is 4.61. The zero-order chi connectivity index (χ0) is 20.1. The summed E-state index contributed by atoms with van der Waals surface area (Å²) in [5.74, 6) is 0.981. The van der Waals surface area contributed by atoms with Crippen LogP contribution < -0.4 is 9.64 Å². The summed E-state index contributed by atoms with van der Waals surface area (Å²) < 4.78 is 5.55. The van der Waals surface area contributed by atoms with Crippen molar-refractivity contribution in [1.82, 2.24) is 14.8 Å². The number of methoxy groups -OCH3 is 1. The van der Waals surface area contributed by atoms with Crippen molar-refractivity contribution in [3.8, 4) is 5.75 Å². The Labute approximate surface area is 179 Å². The molecule has 1 aliphatic heterocycles. The number of thiazole rings is 1. The maximum Gasteiger partial charge on any atom is 0.142 e. The molecule has 5 nitrogen and oxygen atoms in total. The standard InChI is InChI=1S/C23H34N4OS/c1-3-10-26(19-8-9-20-23(17-19)29-18-24-20)14-11-25-12-15-27(16-13-25)21-6-4-5-7-22(21)28-2/h4-7,18-19H,3,8-17H2,1-2H3. The Balaban J connectivity index is 1.28. The van der Waals surface area contributed by atoms with E-state index in [4.69, 9.17) is 4.74 Å². The van der Waals surface area contributed by atoms with Crippen LogP contribution in [0.3, 0.4) is 0 Å². The highest BCUT2D eigenvalue weighted by atomic mass is 32.1. The molecule has 0 amide bonds. The van der Waals surface area contributed by atoms with Crippen LogP contribution >= 0.6 is 11.3 Å². The molecule has 1 fully saturated rings. The second-order valence-electron chi connectivity index (χ2n) is 8.16. The highest BCUT2D eigenvalue weighted by Crippen LogP contribution is 2.29. The molecule has 0 N–H and O–H groups in total. The highest BCUT2D eigenvalue weighted by molar-refractivity contribution is 7.09. The van der Waals surface area contributed by atoms with E-state index in [1.165, 1.54) is 55.2 Å². The minimum absolute atomic E-state index is 0.692. The maximum absolute atomic E-state index is 5.55. The number of para-hydroxylation sites is 2. The largest absolute Gasteiger partial charge is 0.495 e. The van der Waals surface area contributed by atoms with Gasteiger partial charge in [-0.05, 0) is 44.4 Å². The first-order valence-corrected chi connectivity index (χ1v) is 11.9. The molecule has 1 atom stereocenters. The normalized spacial score (nSPS) is 20.1. The summed E-state index contributed by atoms with van der Waals surface area (Å²) in [6.45, 7) is 10.3. The monoisotopic (exact) mass is 414 g/mol. The van der Waals surface area contributed by atoms with E-state index in [1.54, 1.807) is 7.11 Å². The van der Waals surface area contributed by atoms with E-state index in [1.807, 2.05) is 22.9 Å². The van der Waals surface area contributed by atoms with Gasteiger partial charge in [-0.1, -0.05) is 19.1 Å². The van der Waals surface area contributed by atoms with E-state index < -0.39 is 0 Å². The predicted molar refractivity (Wildman–Crippen MR) is 121 cm³/mol. The zero-order valence-corrected chi connectivity index (χ0v) is 18.7. The van der Waals surface area contributed by atoms with Crippen LogP contribution in [0.4, 0.5) is 5.69 Å². The number of aromatic nitrogens is 1. The fourth-order valence-electron chi connectivity index (χ4n) is 4.73. The molecule has 0 saturated carbocycles. The Morgan fingerprint density at radius 3 is 2.79 bits per heavy atom. The number of aryl methyl sites for hydroxylation is 1. The third-order valence-electron chi connectivity index (χ3n) is 6.39. The lowest BCUT2D eigenvalue weighted by atomic mass is 9.96. The number of fused-ring (bicyclic) bond motifs is 1. The quantitative estimate of drug-likeness (QED) is 0.660. The Kier molecular flexibility index (Phi) is 7.06. The van der Waals surface area contributed by atoms with Gasteiger partial charge < -0.3 is 9.64 Å². The van der Waals surface area contributed by atoms with Crippen molar-refractivity contribution >= 4 is 17.0 Å². The number of ether oxygens (including phenoxy) is 1. The molecule has 1 saturated heterocycles. The molecule has 0 radical (unpaired) electrons. The number of benzene rings is 1. The molecule has 1 aromatic heterocycles. The molecule has 1 aliphatic carbocycles. The Morgan fingerprint density at radius 2 is 2.00 bits per heavy atom. The second-order valence-corrected chi connectivity index (χ2v) is 9.09. The smallest absolute Gasteiger partial charge is 0.142 e. The van der Waals surface area contributed by atoms with Crippen molar-refractivity contribution in [2.75, 3.05) is 57.8 Å². The third kappa shape index (κ3) is 4.93. The Hall–Kier alpha value is -1.63. The summed E-state index contributed by atoms with van der Waals surface area (Å²) in [6, 6.07) is 9.07. The van der Waals surface area contributed by atoms with Gasteiger partial charge in [0.2, 0.25) is 0 Å². The van der Waals surface area contributed by atoms with Crippen molar-refractivity contribution in [3.05, 3.63) is 40.3 Å². The Bertz CT molecular complexity index is 772. The molecule has 1 unspecified atom stereocenters. The summed E-state index contributed by atoms with van der Waals surface area (Å²) >= 11 is 1.85. The zero-order valence-electron chi connectivity index (χ0n) is 17.8. The summed E-state index contributed by atoms with van der Waals surface area (Å²) in [7, 11) is 1.76. The molecule has 6 heteroatoms. The first kappa shape index (κ1) is 20.6. The molecule has 2 heterocycles. The maximum atomic E-state index is 5.55. The minimum Gasteiger partial charge on any atom is -0.495 e. The van der Waals surface area contributed by atoms with Gasteiger partial charge in [0.15, 0.2) is 0 Å². The van der Waals surface area contributed by atoms with Gasteiger partial charge >= 0.3 is 0 Å². The lowest BCUT2D eigenvalue weighted by Gasteiger charge is -2.39. The minimum atomic E-state index is 0.692. The van der Waals surface area contributed by atoms with Gasteiger partial charge in [0.1, 0.15) is 5.75 Å². The fourth-order valence-corrected chi connectivity index (χ4v) is 5.62. The van der Waals surface area contributed by atoms with Crippen molar-refractivity contribution in [2.45, 2.75) is 38.6 Å². The summed E-state index contributed by atoms with van der Waals surface area (Å²) in [5, 5.41) is 0. The topological polar surface area (TPSA) is 31.8 Å². The van der Waals surface area contributed by atoms with Gasteiger partial charge in [0.25, 0.3) is 0 Å². The first-order valence-electron chi connectivity index (χ1n) is 11.0. The summed E-state index contributed by atoms with van der Waals surface area (Å²) in [6.07, 6.45) is 4.84. The van der Waals surface area contributed by atoms with Crippen LogP contribution in [0.15, 0.2) is 29.8 Å². The SMILES string of the molecule is CCCN(CCN1CCN(c2ccccc2OC)CC1)C1CCc2ncsc2C1. The molecule has 29 heavy (non-hydrogen) atoms. The highest BCUT2D eigenvalue weighted by Gasteiger charge is 2.26. The lowest BCUT2D eigenvalue weighted by Crippen LogP contribution is -2.50. The van der Waals surface area contributed by atoms with E-state index in [9.17, 15) is 0 Å². The molecule has 2 aliphatic rings. The molecule has 2 aromatic rings. The van der Waals surface area contributed by atoms with E-state index in [-0.39, 0.29) is 0 Å². The lowest BCUT2D eigenvalue weighted by molar-refractivity contribution is 0.146. The van der Waals surface area contributed by atoms with Gasteiger partial charge in [0.05, 0.1) is 24.0 Å². The van der Waals surface area contributed by atoms with E-state index in [0.29, 0.717) is 6.04 Å². The van der Waals surface area contributed by atoms with Gasteiger partial charge in [-0.2, -0.15) is 0 Å². The molecule has 1 aromatic carbocycles. The number of anilines is 1. The van der Waals surface area contributed by atoms with Crippen molar-refractivity contribution in [3.63, 3.8) is 0 Å². The predicted octanol–water partition coefficient (Wildman–Crippen LogP) is 3.54. The van der Waals surface area contributed by atoms with Crippen LogP contribution in [0, 0.1) is 0 Å². The van der Waals surface area contributed by atoms with Crippen LogP contribution in [-0.2, 0) is 12.8 Å². The van der Waals surface area contributed by atoms with Gasteiger partial charge in [-0.3, -0.25) is 9.80 Å². The average Bonchev–Trinajstić information content (AvgIpc) is 3.25. The molecule has 0 bridgehead atoms. The fraction of sp³-hybridized carbons (Fsp3) is 0.609. The third-order valence-corrected chi connectivity index (χ3v) is 7.29. The molecule has 4 rings (SSSR count). The first-order chi connectivity index (χ1) is 14.3. The number of rotatable bonds is 8. The second kappa shape index (κ2) is 9.92. The molecule has 0 spiro atoms. The van der Waals surface area contributed by atoms with E-state index >= 15 is 0 Å². The molecule has 158 valence electrons. The van der Waals surface area contributed by atoms with Crippen molar-refractivity contribution < 1.29 is 4.74 Å². The molecular formula is C23H34N4OS. The Morgan fingerprint density at radius 1 is 1.17 bits per heavy atom. The van der Waals surface area contributed by atoms with Gasteiger partial charge in [0, 0.05) is 50.2 Å². The van der Waals surface area contributed by atoms with Gasteiger partial charge in [-0.25, -0.2) is 4.98 Å². The number of nitrogens with zero attached hydrogens (tertiary/aromatic N) is 4. The number of hydrogen-bond donors (Lipinski definition) is 0. The van der Waals surface area contributed by atoms with Crippen LogP contribution in [0.5, 0.6) is 5.75 Å². The van der Waals surface area contributed by atoms with E-state index in [2.05, 4.69) is 44.8 Å². The summed E-state index contributed by atoms with van der Waals surface area (Å²) in [4.78, 5) is 13.9. The van der Waals surface area contributed by atoms with Crippen LogP contribution in [-0.4, -0.2) is 73.7 Å². The van der Waals surface area contributed by atoms with Gasteiger partial charge in [-0.15, -0.1) is 11.3 Å². The van der Waals surface area contributed by atoms with Crippen LogP contribution in [0.1, 0.15) is 30.3 Å². The van der Waals surface area contributed by atoms with Crippen LogP contribution in [0.2, 0.25) is 0 Å². The number of piperazine rings is 1.